The van der Waals surface area contributed by atoms with Crippen molar-refractivity contribution < 1.29 is 19.1 Å². The van der Waals surface area contributed by atoms with Gasteiger partial charge in [0.1, 0.15) is 5.75 Å². The van der Waals surface area contributed by atoms with Crippen molar-refractivity contribution in [2.24, 2.45) is 0 Å². The Hall–Kier alpha value is -2.25. The zero-order valence-corrected chi connectivity index (χ0v) is 26.0. The summed E-state index contributed by atoms with van der Waals surface area (Å²) in [5.41, 5.74) is 2.82. The summed E-state index contributed by atoms with van der Waals surface area (Å²) < 4.78 is 13.3. The third-order valence-electron chi connectivity index (χ3n) is 7.42. The number of rotatable bonds is 11. The van der Waals surface area contributed by atoms with E-state index in [4.69, 9.17) is 32.7 Å². The van der Waals surface area contributed by atoms with Gasteiger partial charge in [0.2, 0.25) is 5.91 Å². The molecule has 4 rings (SSSR count). The van der Waals surface area contributed by atoms with Crippen LogP contribution in [0.4, 0.5) is 16.2 Å². The Morgan fingerprint density at radius 1 is 1.07 bits per heavy atom. The number of benzene rings is 2. The van der Waals surface area contributed by atoms with Crippen molar-refractivity contribution in [3.63, 3.8) is 0 Å². The Morgan fingerprint density at radius 3 is 2.58 bits per heavy atom. The zero-order valence-electron chi connectivity index (χ0n) is 23.5. The summed E-state index contributed by atoms with van der Waals surface area (Å²) in [4.78, 5) is 31.7. The lowest BCUT2D eigenvalue weighted by Gasteiger charge is -2.36. The molecule has 2 heterocycles. The standard InChI is InChI=1S/C29H39Cl2N4O4P/c1-4-34(40-3)29(37)39-21(2)35-26-20-23(12-10-22(26)11-13-27(35)36)38-19-6-5-14-32-15-17-33(18-16-32)25-9-7-8-24(30)28(25)31/h7-10,12,20-21,40H,4-6,11,13-19H2,1-3H3. The van der Waals surface area contributed by atoms with Crippen LogP contribution in [0.5, 0.6) is 5.75 Å². The van der Waals surface area contributed by atoms with Crippen LogP contribution >= 0.6 is 31.9 Å². The first kappa shape index (κ1) is 30.7. The van der Waals surface area contributed by atoms with Crippen LogP contribution in [-0.4, -0.2) is 80.3 Å². The molecule has 1 saturated heterocycles. The van der Waals surface area contributed by atoms with Crippen LogP contribution in [-0.2, 0) is 16.0 Å². The van der Waals surface area contributed by atoms with Crippen molar-refractivity contribution in [3.8, 4) is 5.75 Å². The summed E-state index contributed by atoms with van der Waals surface area (Å²) in [6.45, 7) is 11.6. The molecule has 0 aliphatic carbocycles. The highest BCUT2D eigenvalue weighted by atomic mass is 35.5. The minimum atomic E-state index is -0.699. The van der Waals surface area contributed by atoms with Gasteiger partial charge < -0.3 is 14.4 Å². The number of amides is 2. The molecule has 0 spiro atoms. The number of nitrogens with zero attached hydrogens (tertiary/aromatic N) is 4. The van der Waals surface area contributed by atoms with Gasteiger partial charge in [-0.1, -0.05) is 35.3 Å². The number of halogens is 2. The summed E-state index contributed by atoms with van der Waals surface area (Å²) in [6, 6.07) is 11.7. The first-order chi connectivity index (χ1) is 19.3. The molecule has 2 amide bonds. The van der Waals surface area contributed by atoms with Crippen LogP contribution in [0.15, 0.2) is 36.4 Å². The molecule has 218 valence electrons. The molecule has 2 aromatic rings. The molecule has 0 radical (unpaired) electrons. The largest absolute Gasteiger partial charge is 0.494 e. The zero-order chi connectivity index (χ0) is 28.6. The number of hydrogen-bond donors (Lipinski definition) is 0. The van der Waals surface area contributed by atoms with Crippen LogP contribution in [0.25, 0.3) is 0 Å². The van der Waals surface area contributed by atoms with Crippen molar-refractivity contribution in [3.05, 3.63) is 52.0 Å². The summed E-state index contributed by atoms with van der Waals surface area (Å²) >= 11 is 12.6. The molecular weight excluding hydrogens is 570 g/mol. The second kappa shape index (κ2) is 14.6. The van der Waals surface area contributed by atoms with E-state index >= 15 is 0 Å². The van der Waals surface area contributed by atoms with Crippen molar-refractivity contribution in [2.45, 2.75) is 45.8 Å². The number of aryl methyl sites for hydroxylation is 1. The van der Waals surface area contributed by atoms with Gasteiger partial charge in [0.25, 0.3) is 0 Å². The van der Waals surface area contributed by atoms with E-state index in [-0.39, 0.29) is 5.91 Å². The minimum Gasteiger partial charge on any atom is -0.494 e. The Bertz CT molecular complexity index is 1170. The second-order valence-electron chi connectivity index (χ2n) is 9.96. The van der Waals surface area contributed by atoms with E-state index in [0.29, 0.717) is 50.5 Å². The monoisotopic (exact) mass is 608 g/mol. The number of unbranched alkanes of at least 4 members (excludes halogenated alkanes) is 1. The van der Waals surface area contributed by atoms with E-state index in [1.165, 1.54) is 0 Å². The third-order valence-corrected chi connectivity index (χ3v) is 9.26. The van der Waals surface area contributed by atoms with Gasteiger partial charge in [-0.2, -0.15) is 0 Å². The van der Waals surface area contributed by atoms with Crippen LogP contribution in [0.1, 0.15) is 38.7 Å². The summed E-state index contributed by atoms with van der Waals surface area (Å²) in [5.74, 6) is 0.666. The Labute approximate surface area is 249 Å². The lowest BCUT2D eigenvalue weighted by molar-refractivity contribution is -0.120. The number of fused-ring (bicyclic) bond motifs is 1. The predicted octanol–water partition coefficient (Wildman–Crippen LogP) is 6.28. The first-order valence-corrected chi connectivity index (χ1v) is 16.2. The Kier molecular flexibility index (Phi) is 11.2. The lowest BCUT2D eigenvalue weighted by Crippen LogP contribution is -2.46. The molecule has 2 aliphatic rings. The molecule has 0 bridgehead atoms. The molecule has 40 heavy (non-hydrogen) atoms. The topological polar surface area (TPSA) is 65.6 Å². The van der Waals surface area contributed by atoms with E-state index < -0.39 is 12.3 Å². The van der Waals surface area contributed by atoms with Gasteiger partial charge in [0.05, 0.1) is 28.0 Å². The highest BCUT2D eigenvalue weighted by molar-refractivity contribution is 7.35. The molecule has 11 heteroatoms. The van der Waals surface area contributed by atoms with E-state index in [2.05, 4.69) is 9.80 Å². The maximum atomic E-state index is 12.8. The third kappa shape index (κ3) is 7.52. The Balaban J connectivity index is 1.24. The van der Waals surface area contributed by atoms with Gasteiger partial charge in [0.15, 0.2) is 6.23 Å². The summed E-state index contributed by atoms with van der Waals surface area (Å²) in [5, 5.41) is 1.22. The molecule has 8 nitrogen and oxygen atoms in total. The normalized spacial score (nSPS) is 16.8. The highest BCUT2D eigenvalue weighted by Gasteiger charge is 2.31. The summed E-state index contributed by atoms with van der Waals surface area (Å²) in [7, 11) is 0.306. The fourth-order valence-corrected chi connectivity index (χ4v) is 6.15. The molecule has 2 aromatic carbocycles. The van der Waals surface area contributed by atoms with Crippen molar-refractivity contribution in [1.29, 1.82) is 0 Å². The minimum absolute atomic E-state index is 0.0512. The number of ether oxygens (including phenoxy) is 2. The molecular formula is C29H39Cl2N4O4P. The summed E-state index contributed by atoms with van der Waals surface area (Å²) in [6.07, 6.45) is 1.92. The van der Waals surface area contributed by atoms with Crippen molar-refractivity contribution in [2.75, 3.05) is 62.3 Å². The first-order valence-electron chi connectivity index (χ1n) is 14.0. The molecule has 2 unspecified atom stereocenters. The maximum absolute atomic E-state index is 12.8. The van der Waals surface area contributed by atoms with Crippen molar-refractivity contribution in [1.82, 2.24) is 9.57 Å². The molecule has 2 atom stereocenters. The van der Waals surface area contributed by atoms with Crippen LogP contribution in [0, 0.1) is 0 Å². The molecule has 1 fully saturated rings. The Morgan fingerprint density at radius 2 is 1.85 bits per heavy atom. The smallest absolute Gasteiger partial charge is 0.414 e. The van der Waals surface area contributed by atoms with E-state index in [1.54, 1.807) is 16.5 Å². The lowest BCUT2D eigenvalue weighted by atomic mass is 10.0. The van der Waals surface area contributed by atoms with Gasteiger partial charge in [-0.15, -0.1) is 0 Å². The average molecular weight is 610 g/mol. The highest BCUT2D eigenvalue weighted by Crippen LogP contribution is 2.34. The van der Waals surface area contributed by atoms with Gasteiger partial charge in [0, 0.05) is 45.2 Å². The maximum Gasteiger partial charge on any atom is 0.414 e. The van der Waals surface area contributed by atoms with Gasteiger partial charge in [-0.25, -0.2) is 4.79 Å². The van der Waals surface area contributed by atoms with Crippen LogP contribution < -0.4 is 14.5 Å². The van der Waals surface area contributed by atoms with Gasteiger partial charge in [-0.05, 0) is 78.8 Å². The van der Waals surface area contributed by atoms with Gasteiger partial charge >= 0.3 is 6.09 Å². The number of carbonyl (C=O) groups is 2. The van der Waals surface area contributed by atoms with Crippen molar-refractivity contribution >= 4 is 55.3 Å². The predicted molar refractivity (Wildman–Crippen MR) is 165 cm³/mol. The number of anilines is 2. The number of piperazine rings is 1. The average Bonchev–Trinajstić information content (AvgIpc) is 2.95. The van der Waals surface area contributed by atoms with Gasteiger partial charge in [-0.3, -0.25) is 19.3 Å². The number of hydrogen-bond acceptors (Lipinski definition) is 6. The molecule has 0 saturated carbocycles. The van der Waals surface area contributed by atoms with Crippen LogP contribution in [0.2, 0.25) is 10.0 Å². The fourth-order valence-electron chi connectivity index (χ4n) is 5.18. The SMILES string of the molecule is CCN(PC)C(=O)OC(C)N1C(=O)CCc2ccc(OCCCCN3CCN(c4cccc(Cl)c4Cl)CC3)cc21. The molecule has 0 N–H and O–H groups in total. The van der Waals surface area contributed by atoms with E-state index in [9.17, 15) is 9.59 Å². The second-order valence-corrected chi connectivity index (χ2v) is 11.7. The van der Waals surface area contributed by atoms with E-state index in [0.717, 1.165) is 62.5 Å². The molecule has 2 aliphatic heterocycles. The van der Waals surface area contributed by atoms with E-state index in [1.807, 2.05) is 50.0 Å². The molecule has 0 aromatic heterocycles. The fraction of sp³-hybridized carbons (Fsp3) is 0.517. The number of carbonyl (C=O) groups excluding carboxylic acids is 2. The quantitative estimate of drug-likeness (QED) is 0.221. The van der Waals surface area contributed by atoms with Crippen LogP contribution in [0.3, 0.4) is 0 Å².